The summed E-state index contributed by atoms with van der Waals surface area (Å²) in [6.07, 6.45) is 0. The largest absolute Gasteiger partial charge is 0.386 e. The number of hydrogen-bond acceptors (Lipinski definition) is 4. The molecule has 0 amide bonds. The van der Waals surface area contributed by atoms with Crippen molar-refractivity contribution in [3.8, 4) is 0 Å². The summed E-state index contributed by atoms with van der Waals surface area (Å²) in [7, 11) is 3.66. The highest BCUT2D eigenvalue weighted by Crippen LogP contribution is 2.26. The first kappa shape index (κ1) is 9.22. The molecule has 0 fully saturated rings. The van der Waals surface area contributed by atoms with Crippen LogP contribution in [0.2, 0.25) is 0 Å². The van der Waals surface area contributed by atoms with E-state index in [1.54, 1.807) is 11.4 Å². The van der Waals surface area contributed by atoms with E-state index in [2.05, 4.69) is 5.32 Å². The van der Waals surface area contributed by atoms with Crippen molar-refractivity contribution >= 4 is 23.6 Å². The molecule has 0 radical (unpaired) electrons. The maximum atomic E-state index is 8.82. The van der Waals surface area contributed by atoms with Gasteiger partial charge in [0, 0.05) is 14.1 Å². The van der Waals surface area contributed by atoms with Gasteiger partial charge in [-0.2, -0.15) is 0 Å². The monoisotopic (exact) mass is 184 g/mol. The lowest BCUT2D eigenvalue weighted by atomic mass is 10.2. The molecule has 1 aromatic carbocycles. The number of benzene rings is 1. The number of para-hydroxylation sites is 2. The van der Waals surface area contributed by atoms with Crippen molar-refractivity contribution in [2.45, 2.75) is 0 Å². The zero-order valence-corrected chi connectivity index (χ0v) is 7.93. The van der Waals surface area contributed by atoms with Crippen molar-refractivity contribution in [2.24, 2.45) is 0 Å². The molecule has 4 heteroatoms. The van der Waals surface area contributed by atoms with Crippen LogP contribution in [0, 0.1) is 0 Å². The van der Waals surface area contributed by atoms with Crippen LogP contribution in [0.5, 0.6) is 0 Å². The lowest BCUT2D eigenvalue weighted by Gasteiger charge is -2.16. The smallest absolute Gasteiger partial charge is 0.111 e. The topological polar surface area (TPSA) is 35.5 Å². The van der Waals surface area contributed by atoms with Crippen molar-refractivity contribution in [3.63, 3.8) is 0 Å². The van der Waals surface area contributed by atoms with Crippen molar-refractivity contribution in [2.75, 3.05) is 23.7 Å². The fraction of sp³-hybridized carbons (Fsp3) is 0.250. The van der Waals surface area contributed by atoms with Crippen LogP contribution < -0.4 is 9.62 Å². The third-order valence-electron chi connectivity index (χ3n) is 1.64. The Morgan fingerprint density at radius 3 is 2.67 bits per heavy atom. The Kier molecular flexibility index (Phi) is 3.25. The van der Waals surface area contributed by atoms with Gasteiger partial charge in [-0.25, -0.2) is 0 Å². The van der Waals surface area contributed by atoms with E-state index < -0.39 is 0 Å². The highest BCUT2D eigenvalue weighted by atomic mass is 32.2. The van der Waals surface area contributed by atoms with Gasteiger partial charge in [0.1, 0.15) is 12.2 Å². The van der Waals surface area contributed by atoms with E-state index in [9.17, 15) is 0 Å². The molecule has 0 aliphatic rings. The van der Waals surface area contributed by atoms with E-state index in [4.69, 9.17) is 4.55 Å². The van der Waals surface area contributed by atoms with Crippen molar-refractivity contribution < 1.29 is 4.55 Å². The Morgan fingerprint density at radius 1 is 1.42 bits per heavy atom. The maximum Gasteiger partial charge on any atom is 0.111 e. The van der Waals surface area contributed by atoms with Gasteiger partial charge in [0.15, 0.2) is 0 Å². The molecule has 0 aromatic heterocycles. The molecular formula is C8H12N2OS. The zero-order valence-electron chi connectivity index (χ0n) is 7.11. The predicted octanol–water partition coefficient (Wildman–Crippen LogP) is 2.29. The summed E-state index contributed by atoms with van der Waals surface area (Å²) < 4.78 is 10.5. The van der Waals surface area contributed by atoms with E-state index in [1.807, 2.05) is 31.3 Å². The molecule has 0 aliphatic carbocycles. The minimum absolute atomic E-state index is 0.701. The molecule has 1 aromatic rings. The van der Waals surface area contributed by atoms with Crippen molar-refractivity contribution in [1.29, 1.82) is 0 Å². The molecule has 3 nitrogen and oxygen atoms in total. The molecule has 2 N–H and O–H groups in total. The van der Waals surface area contributed by atoms with Gasteiger partial charge >= 0.3 is 0 Å². The zero-order chi connectivity index (χ0) is 8.97. The summed E-state index contributed by atoms with van der Waals surface area (Å²) in [6.45, 7) is 0. The highest BCUT2D eigenvalue weighted by molar-refractivity contribution is 7.95. The lowest BCUT2D eigenvalue weighted by Crippen LogP contribution is -2.07. The van der Waals surface area contributed by atoms with Crippen LogP contribution in [-0.2, 0) is 0 Å². The van der Waals surface area contributed by atoms with E-state index in [1.165, 1.54) is 0 Å². The molecule has 1 rings (SSSR count). The second-order valence-corrected chi connectivity index (χ2v) is 3.06. The Labute approximate surface area is 76.7 Å². The Hall–Kier alpha value is -0.870. The Morgan fingerprint density at radius 2 is 2.08 bits per heavy atom. The quantitative estimate of drug-likeness (QED) is 0.558. The third-order valence-corrected chi connectivity index (χ3v) is 2.08. The molecule has 0 saturated carbocycles. The van der Waals surface area contributed by atoms with Gasteiger partial charge < -0.3 is 9.87 Å². The number of nitrogens with zero attached hydrogens (tertiary/aromatic N) is 1. The predicted molar refractivity (Wildman–Crippen MR) is 54.6 cm³/mol. The van der Waals surface area contributed by atoms with E-state index in [0.717, 1.165) is 11.4 Å². The Bertz CT molecular complexity index is 255. The number of nitrogens with one attached hydrogen (secondary N) is 1. The summed E-state index contributed by atoms with van der Waals surface area (Å²) in [6, 6.07) is 7.78. The van der Waals surface area contributed by atoms with Crippen LogP contribution >= 0.6 is 12.2 Å². The molecule has 0 unspecified atom stereocenters. The summed E-state index contributed by atoms with van der Waals surface area (Å²) in [5.74, 6) is 0. The molecule has 0 heterocycles. The van der Waals surface area contributed by atoms with E-state index >= 15 is 0 Å². The average molecular weight is 184 g/mol. The van der Waals surface area contributed by atoms with Gasteiger partial charge in [-0.05, 0) is 12.1 Å². The number of rotatable bonds is 3. The first-order valence-corrected chi connectivity index (χ1v) is 4.34. The van der Waals surface area contributed by atoms with Gasteiger partial charge in [0.2, 0.25) is 0 Å². The first-order valence-electron chi connectivity index (χ1n) is 3.61. The fourth-order valence-corrected chi connectivity index (χ4v) is 1.25. The summed E-state index contributed by atoms with van der Waals surface area (Å²) in [4.78, 5) is 0. The summed E-state index contributed by atoms with van der Waals surface area (Å²) in [5.41, 5.74) is 1.97. The molecule has 0 aliphatic heterocycles. The molecule has 12 heavy (non-hydrogen) atoms. The van der Waals surface area contributed by atoms with Gasteiger partial charge in [-0.3, -0.25) is 4.31 Å². The van der Waals surface area contributed by atoms with Gasteiger partial charge in [0.25, 0.3) is 0 Å². The standard InChI is InChI=1S/C8H12N2OS/c1-9-7-5-3-4-6-8(7)10(2)12-11/h3-6,9,11H,1-2H3. The van der Waals surface area contributed by atoms with Crippen LogP contribution in [0.15, 0.2) is 24.3 Å². The Balaban J connectivity index is 2.96. The van der Waals surface area contributed by atoms with Crippen molar-refractivity contribution in [3.05, 3.63) is 24.3 Å². The van der Waals surface area contributed by atoms with Gasteiger partial charge in [-0.1, -0.05) is 12.1 Å². The van der Waals surface area contributed by atoms with Crippen LogP contribution in [-0.4, -0.2) is 18.6 Å². The van der Waals surface area contributed by atoms with Crippen LogP contribution in [0.4, 0.5) is 11.4 Å². The second kappa shape index (κ2) is 4.23. The maximum absolute atomic E-state index is 8.82. The third kappa shape index (κ3) is 1.84. The molecule has 0 saturated heterocycles. The van der Waals surface area contributed by atoms with E-state index in [0.29, 0.717) is 12.2 Å². The second-order valence-electron chi connectivity index (χ2n) is 2.35. The number of anilines is 2. The molecule has 0 atom stereocenters. The SMILES string of the molecule is CNc1ccccc1N(C)SO. The molecular weight excluding hydrogens is 172 g/mol. The molecule has 0 bridgehead atoms. The van der Waals surface area contributed by atoms with Gasteiger partial charge in [0.05, 0.1) is 11.4 Å². The van der Waals surface area contributed by atoms with E-state index in [-0.39, 0.29) is 0 Å². The lowest BCUT2D eigenvalue weighted by molar-refractivity contribution is 0.662. The van der Waals surface area contributed by atoms with Gasteiger partial charge in [-0.15, -0.1) is 0 Å². The highest BCUT2D eigenvalue weighted by Gasteiger charge is 2.03. The summed E-state index contributed by atoms with van der Waals surface area (Å²) >= 11 is 0.701. The average Bonchev–Trinajstić information content (AvgIpc) is 2.16. The van der Waals surface area contributed by atoms with Crippen LogP contribution in [0.1, 0.15) is 0 Å². The first-order chi connectivity index (χ1) is 5.79. The minimum Gasteiger partial charge on any atom is -0.386 e. The molecule has 66 valence electrons. The van der Waals surface area contributed by atoms with Crippen LogP contribution in [0.25, 0.3) is 0 Å². The van der Waals surface area contributed by atoms with Crippen molar-refractivity contribution in [1.82, 2.24) is 0 Å². The number of hydrogen-bond donors (Lipinski definition) is 2. The fourth-order valence-electron chi connectivity index (χ4n) is 1.00. The normalized spacial score (nSPS) is 9.58. The molecule has 0 spiro atoms. The minimum atomic E-state index is 0.701. The summed E-state index contributed by atoms with van der Waals surface area (Å²) in [5, 5.41) is 3.04. The van der Waals surface area contributed by atoms with Crippen LogP contribution in [0.3, 0.4) is 0 Å².